The third kappa shape index (κ3) is 8.05. The van der Waals surface area contributed by atoms with Crippen molar-refractivity contribution in [3.63, 3.8) is 0 Å². The van der Waals surface area contributed by atoms with Gasteiger partial charge in [0, 0.05) is 12.3 Å². The van der Waals surface area contributed by atoms with E-state index in [1.807, 2.05) is 0 Å². The van der Waals surface area contributed by atoms with Crippen molar-refractivity contribution >= 4 is 23.4 Å². The average molecular weight is 585 g/mol. The number of ether oxygens (including phenoxy) is 2. The predicted octanol–water partition coefficient (Wildman–Crippen LogP) is 2.70. The van der Waals surface area contributed by atoms with Crippen molar-refractivity contribution in [1.82, 2.24) is 10.6 Å². The first-order chi connectivity index (χ1) is 20.0. The van der Waals surface area contributed by atoms with Crippen LogP contribution in [0.25, 0.3) is 0 Å². The number of methoxy groups -OCH3 is 1. The highest BCUT2D eigenvalue weighted by Gasteiger charge is 2.50. The van der Waals surface area contributed by atoms with Crippen LogP contribution in [0.2, 0.25) is 0 Å². The number of hydrogen-bond acceptors (Lipinski definition) is 8. The Morgan fingerprint density at radius 2 is 1.76 bits per heavy atom. The molecule has 1 aliphatic heterocycles. The van der Waals surface area contributed by atoms with Crippen LogP contribution in [0.5, 0.6) is 5.75 Å². The Balaban J connectivity index is 1.50. The summed E-state index contributed by atoms with van der Waals surface area (Å²) in [4.78, 5) is 53.3. The number of hydrogen-bond donors (Lipinski definition) is 4. The molecule has 0 unspecified atom stereocenters. The minimum atomic E-state index is -1.35. The SMILES string of the molecule is COc1ccc([C@@H](O)[C@H](CC(=O)[C@@H](C)NC(=O)C2CCC(O)CC2)C(=O)N[C@@H](CC2=CCCC2)C(=O)[C@@]2(C)CO2)cc1. The lowest BCUT2D eigenvalue weighted by atomic mass is 9.86. The second-order valence-corrected chi connectivity index (χ2v) is 12.1. The number of aliphatic hydroxyl groups excluding tert-OH is 2. The van der Waals surface area contributed by atoms with Crippen LogP contribution in [0.15, 0.2) is 35.9 Å². The van der Waals surface area contributed by atoms with Crippen molar-refractivity contribution in [3.8, 4) is 5.75 Å². The molecule has 2 aliphatic carbocycles. The van der Waals surface area contributed by atoms with Gasteiger partial charge in [-0.3, -0.25) is 19.2 Å². The number of nitrogens with one attached hydrogen (secondary N) is 2. The van der Waals surface area contributed by atoms with Gasteiger partial charge in [0.25, 0.3) is 0 Å². The van der Waals surface area contributed by atoms with Crippen LogP contribution in [-0.2, 0) is 23.9 Å². The number of carbonyl (C=O) groups excluding carboxylic acids is 4. The molecule has 4 N–H and O–H groups in total. The first kappa shape index (κ1) is 31.8. The minimum Gasteiger partial charge on any atom is -0.497 e. The lowest BCUT2D eigenvalue weighted by Crippen LogP contribution is -2.50. The van der Waals surface area contributed by atoms with Gasteiger partial charge in [-0.25, -0.2) is 0 Å². The Labute approximate surface area is 247 Å². The fourth-order valence-electron chi connectivity index (χ4n) is 5.82. The number of benzene rings is 1. The smallest absolute Gasteiger partial charge is 0.227 e. The molecule has 3 aliphatic rings. The molecule has 5 atom stereocenters. The molecule has 10 heteroatoms. The topological polar surface area (TPSA) is 155 Å². The van der Waals surface area contributed by atoms with Gasteiger partial charge in [-0.2, -0.15) is 0 Å². The molecule has 0 spiro atoms. The zero-order valence-corrected chi connectivity index (χ0v) is 24.8. The normalized spacial score (nSPS) is 26.3. The summed E-state index contributed by atoms with van der Waals surface area (Å²) in [7, 11) is 1.52. The van der Waals surface area contributed by atoms with Crippen LogP contribution in [0.4, 0.5) is 0 Å². The van der Waals surface area contributed by atoms with Crippen LogP contribution in [0.1, 0.15) is 83.3 Å². The van der Waals surface area contributed by atoms with Gasteiger partial charge >= 0.3 is 0 Å². The van der Waals surface area contributed by atoms with Gasteiger partial charge in [0.15, 0.2) is 11.6 Å². The number of aliphatic hydroxyl groups is 2. The van der Waals surface area contributed by atoms with Crippen molar-refractivity contribution in [2.24, 2.45) is 11.8 Å². The number of carbonyl (C=O) groups is 4. The van der Waals surface area contributed by atoms with E-state index in [-0.39, 0.29) is 30.6 Å². The Kier molecular flexibility index (Phi) is 10.6. The van der Waals surface area contributed by atoms with E-state index in [0.29, 0.717) is 43.4 Å². The molecular formula is C32H44N2O8. The summed E-state index contributed by atoms with van der Waals surface area (Å²) in [5.74, 6) is -2.44. The maximum Gasteiger partial charge on any atom is 0.227 e. The standard InChI is InChI=1S/C32H44N2O8/c1-19(33-30(39)22-8-12-23(35)13-9-22)27(36)17-25(28(37)21-10-14-24(41-3)15-11-21)31(40)34-26(16-20-6-4-5-7-20)29(38)32(2)18-42-32/h6,10-11,14-15,19,22-23,25-26,28,35,37H,4-5,7-9,12-13,16-18H2,1-3H3,(H,33,39)(H,34,40)/t19-,22?,23?,25+,26+,28-,32-/m1/s1. The number of rotatable bonds is 14. The van der Waals surface area contributed by atoms with Crippen LogP contribution >= 0.6 is 0 Å². The second kappa shape index (κ2) is 13.9. The van der Waals surface area contributed by atoms with Gasteiger partial charge in [-0.15, -0.1) is 0 Å². The zero-order chi connectivity index (χ0) is 30.4. The van der Waals surface area contributed by atoms with Crippen molar-refractivity contribution in [1.29, 1.82) is 0 Å². The van der Waals surface area contributed by atoms with Crippen molar-refractivity contribution in [2.45, 2.75) is 102 Å². The molecule has 2 fully saturated rings. The Bertz CT molecular complexity index is 1170. The summed E-state index contributed by atoms with van der Waals surface area (Å²) in [5, 5.41) is 26.7. The van der Waals surface area contributed by atoms with Crippen LogP contribution in [0.3, 0.4) is 0 Å². The van der Waals surface area contributed by atoms with Crippen molar-refractivity contribution in [3.05, 3.63) is 41.5 Å². The molecule has 0 bridgehead atoms. The van der Waals surface area contributed by atoms with Crippen molar-refractivity contribution < 1.29 is 38.9 Å². The summed E-state index contributed by atoms with van der Waals surface area (Å²) in [6, 6.07) is 4.83. The van der Waals surface area contributed by atoms with Crippen molar-refractivity contribution in [2.75, 3.05) is 13.7 Å². The molecule has 1 saturated carbocycles. The molecule has 1 saturated heterocycles. The number of ketones is 2. The first-order valence-corrected chi connectivity index (χ1v) is 15.0. The lowest BCUT2D eigenvalue weighted by molar-refractivity contribution is -0.137. The fraction of sp³-hybridized carbons (Fsp3) is 0.625. The maximum absolute atomic E-state index is 13.8. The summed E-state index contributed by atoms with van der Waals surface area (Å²) in [5.41, 5.74) is 0.554. The highest BCUT2D eigenvalue weighted by molar-refractivity contribution is 5.98. The number of epoxide rings is 1. The van der Waals surface area contributed by atoms with E-state index in [1.54, 1.807) is 38.1 Å². The number of amides is 2. The van der Waals surface area contributed by atoms with E-state index in [9.17, 15) is 29.4 Å². The molecule has 0 aromatic heterocycles. The average Bonchev–Trinajstić information content (AvgIpc) is 3.53. The minimum absolute atomic E-state index is 0.231. The molecule has 10 nitrogen and oxygen atoms in total. The van der Waals surface area contributed by atoms with E-state index in [4.69, 9.17) is 9.47 Å². The maximum atomic E-state index is 13.8. The largest absolute Gasteiger partial charge is 0.497 e. The van der Waals surface area contributed by atoms with Gasteiger partial charge < -0.3 is 30.3 Å². The van der Waals surface area contributed by atoms with Gasteiger partial charge in [-0.1, -0.05) is 23.8 Å². The molecule has 1 aromatic carbocycles. The predicted molar refractivity (Wildman–Crippen MR) is 154 cm³/mol. The molecule has 0 radical (unpaired) electrons. The molecule has 2 amide bonds. The van der Waals surface area contributed by atoms with E-state index >= 15 is 0 Å². The molecule has 230 valence electrons. The van der Waals surface area contributed by atoms with E-state index in [2.05, 4.69) is 16.7 Å². The Hall–Kier alpha value is -3.08. The number of Topliss-reactive ketones (excluding diaryl/α,β-unsaturated/α-hetero) is 2. The van der Waals surface area contributed by atoms with Crippen LogP contribution in [0, 0.1) is 11.8 Å². The van der Waals surface area contributed by atoms with Gasteiger partial charge in [-0.05, 0) is 82.9 Å². The zero-order valence-electron chi connectivity index (χ0n) is 24.8. The quantitative estimate of drug-likeness (QED) is 0.192. The van der Waals surface area contributed by atoms with Gasteiger partial charge in [0.2, 0.25) is 11.8 Å². The Morgan fingerprint density at radius 3 is 2.33 bits per heavy atom. The summed E-state index contributed by atoms with van der Waals surface area (Å²) >= 11 is 0. The first-order valence-electron chi connectivity index (χ1n) is 15.0. The lowest BCUT2D eigenvalue weighted by Gasteiger charge is -2.28. The highest BCUT2D eigenvalue weighted by atomic mass is 16.6. The molecule has 1 aromatic rings. The van der Waals surface area contributed by atoms with E-state index < -0.39 is 47.5 Å². The third-order valence-electron chi connectivity index (χ3n) is 8.84. The molecule has 1 heterocycles. The summed E-state index contributed by atoms with van der Waals surface area (Å²) in [6.07, 6.45) is 5.29. The number of allylic oxidation sites excluding steroid dienone is 1. The van der Waals surface area contributed by atoms with Gasteiger partial charge in [0.05, 0.1) is 43.9 Å². The summed E-state index contributed by atoms with van der Waals surface area (Å²) in [6.45, 7) is 3.55. The summed E-state index contributed by atoms with van der Waals surface area (Å²) < 4.78 is 10.6. The monoisotopic (exact) mass is 584 g/mol. The highest BCUT2D eigenvalue weighted by Crippen LogP contribution is 2.33. The van der Waals surface area contributed by atoms with Gasteiger partial charge in [0.1, 0.15) is 11.4 Å². The molecule has 4 rings (SSSR count). The third-order valence-corrected chi connectivity index (χ3v) is 8.84. The fourth-order valence-corrected chi connectivity index (χ4v) is 5.82. The molecule has 42 heavy (non-hydrogen) atoms. The van der Waals surface area contributed by atoms with Crippen LogP contribution < -0.4 is 15.4 Å². The molecular weight excluding hydrogens is 540 g/mol. The Morgan fingerprint density at radius 1 is 1.10 bits per heavy atom. The second-order valence-electron chi connectivity index (χ2n) is 12.1. The van der Waals surface area contributed by atoms with Crippen LogP contribution in [-0.4, -0.2) is 71.1 Å². The van der Waals surface area contributed by atoms with E-state index in [1.165, 1.54) is 7.11 Å². The van der Waals surface area contributed by atoms with E-state index in [0.717, 1.165) is 24.8 Å².